The highest BCUT2D eigenvalue weighted by Gasteiger charge is 2.31. The van der Waals surface area contributed by atoms with Gasteiger partial charge in [0.05, 0.1) is 12.3 Å². The van der Waals surface area contributed by atoms with Crippen LogP contribution in [0.3, 0.4) is 0 Å². The molecule has 41 heavy (non-hydrogen) atoms. The zero-order valence-electron chi connectivity index (χ0n) is 22.9. The molecule has 0 spiro atoms. The number of hydrogen-bond donors (Lipinski definition) is 3. The van der Waals surface area contributed by atoms with Gasteiger partial charge in [-0.15, -0.1) is 0 Å². The van der Waals surface area contributed by atoms with Gasteiger partial charge < -0.3 is 25.2 Å². The monoisotopic (exact) mass is 558 g/mol. The number of fused-ring (bicyclic) bond motifs is 3. The Balaban J connectivity index is 1.40. The van der Waals surface area contributed by atoms with Crippen molar-refractivity contribution in [1.82, 2.24) is 10.6 Å². The molecule has 3 N–H and O–H groups in total. The second-order valence-electron chi connectivity index (χ2n) is 9.94. The Morgan fingerprint density at radius 2 is 1.46 bits per heavy atom. The van der Waals surface area contributed by atoms with E-state index in [9.17, 15) is 24.3 Å². The fraction of sp³-hybridized carbons (Fsp3) is 0.312. The minimum Gasteiger partial charge on any atom is -0.481 e. The van der Waals surface area contributed by atoms with E-state index in [1.165, 1.54) is 0 Å². The SMILES string of the molecule is CCCC(CNC(=O)[C@H](CC(=O)OCc1ccccc1)NC(=O)OCC1c2ccccc2-c2ccccc21)C(=O)O. The Morgan fingerprint density at radius 1 is 0.854 bits per heavy atom. The third-order valence-electron chi connectivity index (χ3n) is 7.07. The van der Waals surface area contributed by atoms with Crippen molar-refractivity contribution in [2.45, 2.75) is 44.8 Å². The minimum atomic E-state index is -1.31. The zero-order valence-corrected chi connectivity index (χ0v) is 22.9. The lowest BCUT2D eigenvalue weighted by atomic mass is 9.98. The number of carbonyl (C=O) groups is 4. The van der Waals surface area contributed by atoms with Crippen molar-refractivity contribution in [3.63, 3.8) is 0 Å². The number of carbonyl (C=O) groups excluding carboxylic acids is 3. The second-order valence-corrected chi connectivity index (χ2v) is 9.94. The van der Waals surface area contributed by atoms with Crippen LogP contribution in [0.25, 0.3) is 11.1 Å². The standard InChI is InChI=1S/C32H34N2O7/c1-2-10-22(31(37)38)18-33-30(36)28(17-29(35)40-19-21-11-4-3-5-12-21)34-32(39)41-20-27-25-15-8-6-13-23(25)24-14-7-9-16-26(24)27/h3-9,11-16,22,27-28H,2,10,17-20H2,1H3,(H,33,36)(H,34,39)(H,37,38)/t22?,28-/m0/s1. The summed E-state index contributed by atoms with van der Waals surface area (Å²) < 4.78 is 10.9. The van der Waals surface area contributed by atoms with Gasteiger partial charge in [0.15, 0.2) is 0 Å². The van der Waals surface area contributed by atoms with Crippen molar-refractivity contribution in [2.75, 3.05) is 13.2 Å². The van der Waals surface area contributed by atoms with Crippen LogP contribution in [0.5, 0.6) is 0 Å². The normalized spacial score (nSPS) is 13.3. The molecule has 0 saturated carbocycles. The van der Waals surface area contributed by atoms with E-state index in [0.717, 1.165) is 27.8 Å². The molecular formula is C32H34N2O7. The summed E-state index contributed by atoms with van der Waals surface area (Å²) in [6.07, 6.45) is -0.320. The molecule has 1 aliphatic rings. The molecule has 1 aliphatic carbocycles. The third-order valence-corrected chi connectivity index (χ3v) is 7.07. The Labute approximate surface area is 238 Å². The molecule has 3 aromatic rings. The molecule has 0 saturated heterocycles. The lowest BCUT2D eigenvalue weighted by Crippen LogP contribution is -2.49. The largest absolute Gasteiger partial charge is 0.481 e. The molecule has 3 aromatic carbocycles. The number of benzene rings is 3. The van der Waals surface area contributed by atoms with E-state index in [2.05, 4.69) is 10.6 Å². The molecule has 0 radical (unpaired) electrons. The van der Waals surface area contributed by atoms with Crippen molar-refractivity contribution in [2.24, 2.45) is 5.92 Å². The number of rotatable bonds is 13. The molecule has 2 amide bonds. The summed E-state index contributed by atoms with van der Waals surface area (Å²) in [5.74, 6) is -3.39. The lowest BCUT2D eigenvalue weighted by Gasteiger charge is -2.20. The molecule has 0 heterocycles. The summed E-state index contributed by atoms with van der Waals surface area (Å²) in [4.78, 5) is 50.0. The maximum Gasteiger partial charge on any atom is 0.407 e. The van der Waals surface area contributed by atoms with Gasteiger partial charge in [0.25, 0.3) is 0 Å². The van der Waals surface area contributed by atoms with E-state index < -0.39 is 42.3 Å². The second kappa shape index (κ2) is 14.1. The van der Waals surface area contributed by atoms with Crippen molar-refractivity contribution in [3.05, 3.63) is 95.6 Å². The van der Waals surface area contributed by atoms with E-state index in [0.29, 0.717) is 12.8 Å². The number of ether oxygens (including phenoxy) is 2. The van der Waals surface area contributed by atoms with E-state index in [1.54, 1.807) is 12.1 Å². The Kier molecular flexibility index (Phi) is 10.1. The quantitative estimate of drug-likeness (QED) is 0.260. The first kappa shape index (κ1) is 29.3. The summed E-state index contributed by atoms with van der Waals surface area (Å²) in [7, 11) is 0. The lowest BCUT2D eigenvalue weighted by molar-refractivity contribution is -0.147. The van der Waals surface area contributed by atoms with E-state index in [4.69, 9.17) is 9.47 Å². The number of carboxylic acids is 1. The number of hydrogen-bond acceptors (Lipinski definition) is 6. The molecular weight excluding hydrogens is 524 g/mol. The topological polar surface area (TPSA) is 131 Å². The molecule has 2 atom stereocenters. The molecule has 4 rings (SSSR count). The maximum absolute atomic E-state index is 13.0. The molecule has 0 aliphatic heterocycles. The van der Waals surface area contributed by atoms with Gasteiger partial charge >= 0.3 is 18.0 Å². The first-order chi connectivity index (χ1) is 19.9. The first-order valence-electron chi connectivity index (χ1n) is 13.7. The van der Waals surface area contributed by atoms with Crippen LogP contribution in [0.2, 0.25) is 0 Å². The van der Waals surface area contributed by atoms with Gasteiger partial charge in [-0.05, 0) is 34.2 Å². The van der Waals surface area contributed by atoms with Crippen molar-refractivity contribution in [3.8, 4) is 11.1 Å². The van der Waals surface area contributed by atoms with E-state index >= 15 is 0 Å². The van der Waals surface area contributed by atoms with Crippen LogP contribution < -0.4 is 10.6 Å². The summed E-state index contributed by atoms with van der Waals surface area (Å²) in [6, 6.07) is 23.6. The molecule has 0 fully saturated rings. The zero-order chi connectivity index (χ0) is 29.2. The van der Waals surface area contributed by atoms with Crippen LogP contribution in [-0.2, 0) is 30.5 Å². The van der Waals surface area contributed by atoms with Gasteiger partial charge in [0, 0.05) is 12.5 Å². The van der Waals surface area contributed by atoms with E-state index in [-0.39, 0.29) is 25.7 Å². The van der Waals surface area contributed by atoms with Crippen LogP contribution in [0, 0.1) is 5.92 Å². The van der Waals surface area contributed by atoms with Crippen molar-refractivity contribution in [1.29, 1.82) is 0 Å². The van der Waals surface area contributed by atoms with Crippen LogP contribution >= 0.6 is 0 Å². The van der Waals surface area contributed by atoms with Gasteiger partial charge in [-0.25, -0.2) is 4.79 Å². The summed E-state index contributed by atoms with van der Waals surface area (Å²) in [5.41, 5.74) is 5.01. The summed E-state index contributed by atoms with van der Waals surface area (Å²) in [5, 5.41) is 14.5. The van der Waals surface area contributed by atoms with Crippen LogP contribution in [0.1, 0.15) is 48.8 Å². The molecule has 9 nitrogen and oxygen atoms in total. The first-order valence-corrected chi connectivity index (χ1v) is 13.7. The average molecular weight is 559 g/mol. The van der Waals surface area contributed by atoms with Crippen molar-refractivity contribution < 1.29 is 33.8 Å². The fourth-order valence-corrected chi connectivity index (χ4v) is 4.96. The maximum atomic E-state index is 13.0. The van der Waals surface area contributed by atoms with Crippen LogP contribution in [0.15, 0.2) is 78.9 Å². The molecule has 0 aromatic heterocycles. The number of amides is 2. The number of alkyl carbamates (subject to hydrolysis) is 1. The predicted octanol–water partition coefficient (Wildman–Crippen LogP) is 4.64. The number of nitrogens with one attached hydrogen (secondary N) is 2. The highest BCUT2D eigenvalue weighted by atomic mass is 16.5. The molecule has 0 bridgehead atoms. The highest BCUT2D eigenvalue weighted by Crippen LogP contribution is 2.44. The highest BCUT2D eigenvalue weighted by molar-refractivity contribution is 5.90. The summed E-state index contributed by atoms with van der Waals surface area (Å²) >= 11 is 0. The van der Waals surface area contributed by atoms with Gasteiger partial charge in [-0.3, -0.25) is 14.4 Å². The van der Waals surface area contributed by atoms with E-state index in [1.807, 2.05) is 73.7 Å². The third kappa shape index (κ3) is 7.72. The van der Waals surface area contributed by atoms with Gasteiger partial charge in [0.1, 0.15) is 19.3 Å². The smallest absolute Gasteiger partial charge is 0.407 e. The predicted molar refractivity (Wildman–Crippen MR) is 152 cm³/mol. The van der Waals surface area contributed by atoms with Crippen LogP contribution in [-0.4, -0.2) is 48.2 Å². The molecule has 214 valence electrons. The van der Waals surface area contributed by atoms with Gasteiger partial charge in [-0.2, -0.15) is 0 Å². The minimum absolute atomic E-state index is 0.0105. The van der Waals surface area contributed by atoms with Gasteiger partial charge in [0.2, 0.25) is 5.91 Å². The molecule has 9 heteroatoms. The van der Waals surface area contributed by atoms with Crippen molar-refractivity contribution >= 4 is 23.9 Å². The fourth-order valence-electron chi connectivity index (χ4n) is 4.96. The molecule has 1 unspecified atom stereocenters. The Morgan fingerprint density at radius 3 is 2.07 bits per heavy atom. The number of aliphatic carboxylic acids is 1. The van der Waals surface area contributed by atoms with Gasteiger partial charge in [-0.1, -0.05) is 92.2 Å². The van der Waals surface area contributed by atoms with Crippen LogP contribution in [0.4, 0.5) is 4.79 Å². The Hall–Kier alpha value is -4.66. The average Bonchev–Trinajstić information content (AvgIpc) is 3.30. The summed E-state index contributed by atoms with van der Waals surface area (Å²) in [6.45, 7) is 1.76. The Bertz CT molecular complexity index is 1330. The number of esters is 1. The number of carboxylic acid groups (broad SMARTS) is 1.